The number of aliphatic hydroxyl groups is 4. The maximum atomic E-state index is 11.4. The largest absolute Gasteiger partial charge is 0.481 e. The molecule has 0 unspecified atom stereocenters. The first-order valence-corrected chi connectivity index (χ1v) is 19.1. The third-order valence-corrected chi connectivity index (χ3v) is 9.96. The fourth-order valence-electron chi connectivity index (χ4n) is 6.85. The van der Waals surface area contributed by atoms with E-state index >= 15 is 0 Å². The van der Waals surface area contributed by atoms with Gasteiger partial charge < -0.3 is 30.8 Å². The molecule has 1 aliphatic rings. The van der Waals surface area contributed by atoms with Gasteiger partial charge in [-0.1, -0.05) is 115 Å². The van der Waals surface area contributed by atoms with E-state index in [0.717, 1.165) is 86.5 Å². The SMILES string of the molecule is CCCCC[C@H](O)C=CC1=C(C[C@H](O)CO)[C@H](CCC[C@@H](CCC(=O)O)CCC(C)C)N[C@@H]([C@H](C)O)CC#Cc2c(CC)cccc2CC1. The number of carboxylic acid groups (broad SMARTS) is 1. The molecule has 276 valence electrons. The van der Waals surface area contributed by atoms with E-state index in [2.05, 4.69) is 63.1 Å². The number of rotatable bonds is 21. The van der Waals surface area contributed by atoms with Gasteiger partial charge in [-0.15, -0.1) is 0 Å². The van der Waals surface area contributed by atoms with E-state index in [0.29, 0.717) is 37.5 Å². The van der Waals surface area contributed by atoms with E-state index in [4.69, 9.17) is 0 Å². The van der Waals surface area contributed by atoms with Crippen LogP contribution in [0.15, 0.2) is 41.5 Å². The van der Waals surface area contributed by atoms with Crippen molar-refractivity contribution in [2.24, 2.45) is 11.8 Å². The summed E-state index contributed by atoms with van der Waals surface area (Å²) in [6.07, 6.45) is 13.8. The van der Waals surface area contributed by atoms with E-state index in [1.54, 1.807) is 6.92 Å². The zero-order valence-electron chi connectivity index (χ0n) is 31.1. The minimum Gasteiger partial charge on any atom is -0.481 e. The Bertz CT molecular complexity index is 1230. The van der Waals surface area contributed by atoms with Crippen molar-refractivity contribution >= 4 is 5.97 Å². The highest BCUT2D eigenvalue weighted by atomic mass is 16.4. The number of hydrogen-bond donors (Lipinski definition) is 6. The lowest BCUT2D eigenvalue weighted by atomic mass is 9.84. The van der Waals surface area contributed by atoms with Crippen molar-refractivity contribution in [2.45, 2.75) is 168 Å². The van der Waals surface area contributed by atoms with E-state index < -0.39 is 24.3 Å². The van der Waals surface area contributed by atoms with Gasteiger partial charge in [0.05, 0.1) is 24.9 Å². The third-order valence-electron chi connectivity index (χ3n) is 9.96. The number of carbonyl (C=O) groups is 1. The molecule has 0 radical (unpaired) electrons. The molecule has 1 heterocycles. The average molecular weight is 682 g/mol. The molecule has 7 nitrogen and oxygen atoms in total. The van der Waals surface area contributed by atoms with Gasteiger partial charge in [-0.2, -0.15) is 0 Å². The predicted octanol–water partition coefficient (Wildman–Crippen LogP) is 7.27. The molecule has 0 aromatic heterocycles. The molecule has 1 aromatic rings. The lowest BCUT2D eigenvalue weighted by Gasteiger charge is -2.32. The van der Waals surface area contributed by atoms with Gasteiger partial charge in [0.25, 0.3) is 0 Å². The number of aryl methyl sites for hydroxylation is 2. The monoisotopic (exact) mass is 681 g/mol. The summed E-state index contributed by atoms with van der Waals surface area (Å²) in [7, 11) is 0. The Morgan fingerprint density at radius 3 is 2.43 bits per heavy atom. The second-order valence-corrected chi connectivity index (χ2v) is 14.6. The van der Waals surface area contributed by atoms with Crippen molar-refractivity contribution in [2.75, 3.05) is 6.61 Å². The van der Waals surface area contributed by atoms with Crippen molar-refractivity contribution in [3.63, 3.8) is 0 Å². The molecule has 0 spiro atoms. The Hall–Kier alpha value is -2.47. The normalized spacial score (nSPS) is 19.8. The number of hydrogen-bond acceptors (Lipinski definition) is 6. The van der Waals surface area contributed by atoms with Crippen LogP contribution in [0.3, 0.4) is 0 Å². The van der Waals surface area contributed by atoms with E-state index in [1.165, 1.54) is 5.56 Å². The first-order valence-electron chi connectivity index (χ1n) is 19.1. The number of aliphatic carboxylic acids is 1. The first-order chi connectivity index (χ1) is 23.5. The molecule has 1 aliphatic heterocycles. The minimum absolute atomic E-state index is 0.164. The Morgan fingerprint density at radius 2 is 1.78 bits per heavy atom. The van der Waals surface area contributed by atoms with E-state index in [9.17, 15) is 30.3 Å². The summed E-state index contributed by atoms with van der Waals surface area (Å²) in [5.41, 5.74) is 5.40. The van der Waals surface area contributed by atoms with Crippen LogP contribution in [0.25, 0.3) is 0 Å². The van der Waals surface area contributed by atoms with Crippen LogP contribution in [-0.4, -0.2) is 68.5 Å². The van der Waals surface area contributed by atoms with Gasteiger partial charge in [0.1, 0.15) is 0 Å². The summed E-state index contributed by atoms with van der Waals surface area (Å²) >= 11 is 0. The number of benzene rings is 1. The van der Waals surface area contributed by atoms with Gasteiger partial charge in [0.15, 0.2) is 0 Å². The maximum absolute atomic E-state index is 11.4. The van der Waals surface area contributed by atoms with Crippen molar-refractivity contribution in [1.82, 2.24) is 5.32 Å². The highest BCUT2D eigenvalue weighted by Crippen LogP contribution is 2.30. The molecule has 0 saturated carbocycles. The molecule has 0 amide bonds. The standard InChI is InChI=1S/C42H67NO6/c1-6-8-9-16-36(46)26-25-35-24-23-34-15-11-14-33(7-2)38(34)17-12-18-40(31(5)45)43-41(39(35)28-37(47)29-44)19-10-13-32(21-20-30(3)4)22-27-42(48)49/h11,14-15,25-26,30-32,36-37,40-41,43-47H,6-10,13,16,18-24,27-29H2,1-5H3,(H,48,49)/t31-,32+,36-,37-,40+,41-/m0/s1. The summed E-state index contributed by atoms with van der Waals surface area (Å²) in [5, 5.41) is 55.9. The lowest BCUT2D eigenvalue weighted by molar-refractivity contribution is -0.137. The predicted molar refractivity (Wildman–Crippen MR) is 200 cm³/mol. The molecule has 0 fully saturated rings. The van der Waals surface area contributed by atoms with Crippen molar-refractivity contribution in [3.05, 3.63) is 58.2 Å². The van der Waals surface area contributed by atoms with Crippen LogP contribution >= 0.6 is 0 Å². The van der Waals surface area contributed by atoms with E-state index in [-0.39, 0.29) is 31.5 Å². The molecule has 49 heavy (non-hydrogen) atoms. The Morgan fingerprint density at radius 1 is 1.00 bits per heavy atom. The van der Waals surface area contributed by atoms with Crippen LogP contribution in [0.5, 0.6) is 0 Å². The highest BCUT2D eigenvalue weighted by molar-refractivity contribution is 5.66. The number of unbranched alkanes of at least 4 members (excludes halogenated alkanes) is 2. The molecule has 2 rings (SSSR count). The van der Waals surface area contributed by atoms with Crippen LogP contribution in [0.4, 0.5) is 0 Å². The minimum atomic E-state index is -0.955. The van der Waals surface area contributed by atoms with Crippen LogP contribution < -0.4 is 5.32 Å². The van der Waals surface area contributed by atoms with Gasteiger partial charge >= 0.3 is 5.97 Å². The highest BCUT2D eigenvalue weighted by Gasteiger charge is 2.26. The van der Waals surface area contributed by atoms with Crippen LogP contribution in [0.2, 0.25) is 0 Å². The summed E-state index contributed by atoms with van der Waals surface area (Å²) in [5.74, 6) is 6.92. The van der Waals surface area contributed by atoms with E-state index in [1.807, 2.05) is 12.2 Å². The second kappa shape index (κ2) is 23.8. The number of nitrogens with one attached hydrogen (secondary N) is 1. The van der Waals surface area contributed by atoms with Gasteiger partial charge in [0, 0.05) is 30.5 Å². The lowest BCUT2D eigenvalue weighted by Crippen LogP contribution is -2.46. The van der Waals surface area contributed by atoms with Crippen molar-refractivity contribution in [3.8, 4) is 11.8 Å². The van der Waals surface area contributed by atoms with Gasteiger partial charge in [-0.25, -0.2) is 0 Å². The van der Waals surface area contributed by atoms with Crippen LogP contribution in [0.1, 0.15) is 141 Å². The zero-order chi connectivity index (χ0) is 36.2. The molecule has 6 N–H and O–H groups in total. The fourth-order valence-corrected chi connectivity index (χ4v) is 6.85. The number of carboxylic acids is 1. The number of allylic oxidation sites excluding steroid dienone is 2. The summed E-state index contributed by atoms with van der Waals surface area (Å²) in [6, 6.07) is 5.79. The van der Waals surface area contributed by atoms with Crippen LogP contribution in [-0.2, 0) is 17.6 Å². The smallest absolute Gasteiger partial charge is 0.303 e. The fraction of sp³-hybridized carbons (Fsp3) is 0.690. The molecule has 0 bridgehead atoms. The molecule has 1 aromatic carbocycles. The van der Waals surface area contributed by atoms with Gasteiger partial charge in [-0.05, 0) is 86.0 Å². The van der Waals surface area contributed by atoms with Gasteiger partial charge in [0.2, 0.25) is 0 Å². The maximum Gasteiger partial charge on any atom is 0.303 e. The topological polar surface area (TPSA) is 130 Å². The Kier molecular flexibility index (Phi) is 20.8. The molecular formula is C42H67NO6. The molecule has 0 aliphatic carbocycles. The summed E-state index contributed by atoms with van der Waals surface area (Å²) < 4.78 is 0. The average Bonchev–Trinajstić information content (AvgIpc) is 3.06. The zero-order valence-corrected chi connectivity index (χ0v) is 31.1. The van der Waals surface area contributed by atoms with Crippen molar-refractivity contribution < 1.29 is 30.3 Å². The number of aliphatic hydroxyl groups excluding tert-OH is 4. The summed E-state index contributed by atoms with van der Waals surface area (Å²) in [6.45, 7) is 10.1. The van der Waals surface area contributed by atoms with Crippen molar-refractivity contribution in [1.29, 1.82) is 0 Å². The molecule has 0 saturated heterocycles. The Labute approximate surface area is 297 Å². The quantitative estimate of drug-likeness (QED) is 0.0595. The molecular weight excluding hydrogens is 614 g/mol. The number of fused-ring (bicyclic) bond motifs is 1. The summed E-state index contributed by atoms with van der Waals surface area (Å²) in [4.78, 5) is 11.4. The molecule has 6 atom stereocenters. The third kappa shape index (κ3) is 16.4. The Balaban J connectivity index is 2.63. The van der Waals surface area contributed by atoms with Crippen LogP contribution in [0, 0.1) is 23.7 Å². The van der Waals surface area contributed by atoms with Gasteiger partial charge in [-0.3, -0.25) is 4.79 Å². The first kappa shape index (κ1) is 42.7. The second-order valence-electron chi connectivity index (χ2n) is 14.6. The molecule has 7 heteroatoms.